The molecule has 0 radical (unpaired) electrons. The van der Waals surface area contributed by atoms with Crippen LogP contribution in [0, 0.1) is 5.92 Å². The highest BCUT2D eigenvalue weighted by atomic mass is 16.5. The van der Waals surface area contributed by atoms with E-state index in [0.717, 1.165) is 29.8 Å². The molecule has 4 rings (SSSR count). The summed E-state index contributed by atoms with van der Waals surface area (Å²) in [5.41, 5.74) is 2.14. The molecule has 0 N–H and O–H groups in total. The molecule has 1 aliphatic heterocycles. The zero-order valence-electron chi connectivity index (χ0n) is 18.4. The second-order valence-electron chi connectivity index (χ2n) is 7.90. The van der Waals surface area contributed by atoms with Gasteiger partial charge in [0.15, 0.2) is 0 Å². The van der Waals surface area contributed by atoms with Gasteiger partial charge in [0.2, 0.25) is 0 Å². The van der Waals surface area contributed by atoms with Gasteiger partial charge < -0.3 is 14.4 Å². The number of ether oxygens (including phenoxy) is 2. The zero-order valence-corrected chi connectivity index (χ0v) is 18.4. The molecule has 1 amide bonds. The van der Waals surface area contributed by atoms with Crippen LogP contribution in [0.3, 0.4) is 0 Å². The third-order valence-electron chi connectivity index (χ3n) is 5.92. The SMILES string of the molecule is COc1ccc(-c2ccc(=O)n(CC3CCN(C(=O)c4ccccc4OC)CC3)n2)cc1. The first kappa shape index (κ1) is 21.6. The maximum atomic E-state index is 12.9. The number of rotatable bonds is 6. The molecule has 0 spiro atoms. The predicted octanol–water partition coefficient (Wildman–Crippen LogP) is 3.48. The number of methoxy groups -OCH3 is 2. The quantitative estimate of drug-likeness (QED) is 0.595. The van der Waals surface area contributed by atoms with E-state index in [1.165, 1.54) is 0 Å². The Bertz CT molecular complexity index is 1130. The number of carbonyl (C=O) groups is 1. The highest BCUT2D eigenvalue weighted by Gasteiger charge is 2.26. The van der Waals surface area contributed by atoms with Crippen molar-refractivity contribution < 1.29 is 14.3 Å². The summed E-state index contributed by atoms with van der Waals surface area (Å²) in [6.07, 6.45) is 1.64. The van der Waals surface area contributed by atoms with Crippen LogP contribution in [-0.2, 0) is 6.54 Å². The van der Waals surface area contributed by atoms with Crippen molar-refractivity contribution in [3.05, 3.63) is 76.6 Å². The second kappa shape index (κ2) is 9.68. The van der Waals surface area contributed by atoms with Gasteiger partial charge in [0.25, 0.3) is 11.5 Å². The van der Waals surface area contributed by atoms with Gasteiger partial charge in [-0.25, -0.2) is 4.68 Å². The van der Waals surface area contributed by atoms with Crippen LogP contribution in [-0.4, -0.2) is 47.9 Å². The Morgan fingerprint density at radius 1 is 0.969 bits per heavy atom. The van der Waals surface area contributed by atoms with Crippen molar-refractivity contribution in [2.24, 2.45) is 5.92 Å². The Labute approximate surface area is 187 Å². The van der Waals surface area contributed by atoms with Gasteiger partial charge in [0.1, 0.15) is 11.5 Å². The van der Waals surface area contributed by atoms with E-state index >= 15 is 0 Å². The molecule has 0 aliphatic carbocycles. The number of piperidine rings is 1. The molecule has 2 aromatic carbocycles. The zero-order chi connectivity index (χ0) is 22.5. The predicted molar refractivity (Wildman–Crippen MR) is 122 cm³/mol. The normalized spacial score (nSPS) is 14.2. The molecular weight excluding hydrogens is 406 g/mol. The summed E-state index contributed by atoms with van der Waals surface area (Å²) in [5.74, 6) is 1.63. The van der Waals surface area contributed by atoms with Crippen LogP contribution in [0.4, 0.5) is 0 Å². The molecule has 7 heteroatoms. The summed E-state index contributed by atoms with van der Waals surface area (Å²) in [6.45, 7) is 1.84. The molecule has 7 nitrogen and oxygen atoms in total. The van der Waals surface area contributed by atoms with Gasteiger partial charge >= 0.3 is 0 Å². The van der Waals surface area contributed by atoms with Crippen LogP contribution in [0.25, 0.3) is 11.3 Å². The molecular formula is C25H27N3O4. The Morgan fingerprint density at radius 3 is 2.38 bits per heavy atom. The first-order valence-corrected chi connectivity index (χ1v) is 10.7. The smallest absolute Gasteiger partial charge is 0.266 e. The largest absolute Gasteiger partial charge is 0.497 e. The molecule has 166 valence electrons. The first-order valence-electron chi connectivity index (χ1n) is 10.7. The Balaban J connectivity index is 1.41. The van der Waals surface area contributed by atoms with E-state index in [-0.39, 0.29) is 17.4 Å². The minimum absolute atomic E-state index is 0.0160. The van der Waals surface area contributed by atoms with Crippen molar-refractivity contribution in [3.63, 3.8) is 0 Å². The fourth-order valence-electron chi connectivity index (χ4n) is 4.05. The van der Waals surface area contributed by atoms with Gasteiger partial charge in [0.05, 0.1) is 25.5 Å². The third kappa shape index (κ3) is 4.66. The van der Waals surface area contributed by atoms with Gasteiger partial charge in [-0.15, -0.1) is 0 Å². The Morgan fingerprint density at radius 2 is 1.69 bits per heavy atom. The van der Waals surface area contributed by atoms with Crippen LogP contribution in [0.2, 0.25) is 0 Å². The first-order chi connectivity index (χ1) is 15.6. The topological polar surface area (TPSA) is 73.7 Å². The van der Waals surface area contributed by atoms with Crippen LogP contribution in [0.5, 0.6) is 11.5 Å². The van der Waals surface area contributed by atoms with E-state index in [9.17, 15) is 9.59 Å². The van der Waals surface area contributed by atoms with Crippen molar-refractivity contribution in [1.82, 2.24) is 14.7 Å². The number of nitrogens with zero attached hydrogens (tertiary/aromatic N) is 3. The highest BCUT2D eigenvalue weighted by Crippen LogP contribution is 2.25. The number of hydrogen-bond acceptors (Lipinski definition) is 5. The lowest BCUT2D eigenvalue weighted by Crippen LogP contribution is -2.40. The number of likely N-dealkylation sites (tertiary alicyclic amines) is 1. The fraction of sp³-hybridized carbons (Fsp3) is 0.320. The van der Waals surface area contributed by atoms with Gasteiger partial charge in [-0.05, 0) is 61.2 Å². The number of amides is 1. The number of aromatic nitrogens is 2. The number of hydrogen-bond donors (Lipinski definition) is 0. The summed E-state index contributed by atoms with van der Waals surface area (Å²) in [6, 6.07) is 18.2. The molecule has 1 aliphatic rings. The average molecular weight is 434 g/mol. The van der Waals surface area contributed by atoms with Crippen LogP contribution in [0.1, 0.15) is 23.2 Å². The van der Waals surface area contributed by atoms with Crippen LogP contribution in [0.15, 0.2) is 65.5 Å². The van der Waals surface area contributed by atoms with E-state index in [1.54, 1.807) is 43.2 Å². The van der Waals surface area contributed by atoms with Crippen molar-refractivity contribution in [2.75, 3.05) is 27.3 Å². The summed E-state index contributed by atoms with van der Waals surface area (Å²) in [4.78, 5) is 27.2. The van der Waals surface area contributed by atoms with Gasteiger partial charge in [-0.3, -0.25) is 9.59 Å². The number of carbonyl (C=O) groups excluding carboxylic acids is 1. The second-order valence-corrected chi connectivity index (χ2v) is 7.90. The molecule has 1 aromatic heterocycles. The number of para-hydroxylation sites is 1. The van der Waals surface area contributed by atoms with Crippen molar-refractivity contribution in [3.8, 4) is 22.8 Å². The van der Waals surface area contributed by atoms with Gasteiger partial charge in [-0.1, -0.05) is 12.1 Å². The number of benzene rings is 2. The van der Waals surface area contributed by atoms with Crippen LogP contribution >= 0.6 is 0 Å². The van der Waals surface area contributed by atoms with E-state index in [4.69, 9.17) is 9.47 Å². The van der Waals surface area contributed by atoms with E-state index < -0.39 is 0 Å². The summed E-state index contributed by atoms with van der Waals surface area (Å²) in [5, 5.41) is 4.58. The standard InChI is InChI=1S/C25H27N3O4/c1-31-20-9-7-19(8-10-20)22-11-12-24(29)28(26-22)17-18-13-15-27(16-14-18)25(30)21-5-3-4-6-23(21)32-2/h3-12,18H,13-17H2,1-2H3. The minimum Gasteiger partial charge on any atom is -0.497 e. The minimum atomic E-state index is -0.116. The Kier molecular flexibility index (Phi) is 6.54. The molecule has 1 fully saturated rings. The maximum Gasteiger partial charge on any atom is 0.266 e. The lowest BCUT2D eigenvalue weighted by atomic mass is 9.96. The summed E-state index contributed by atoms with van der Waals surface area (Å²) >= 11 is 0. The lowest BCUT2D eigenvalue weighted by molar-refractivity contribution is 0.0677. The summed E-state index contributed by atoms with van der Waals surface area (Å²) in [7, 11) is 3.20. The van der Waals surface area contributed by atoms with Crippen molar-refractivity contribution in [1.29, 1.82) is 0 Å². The fourth-order valence-corrected chi connectivity index (χ4v) is 4.05. The van der Waals surface area contributed by atoms with E-state index in [1.807, 2.05) is 41.3 Å². The lowest BCUT2D eigenvalue weighted by Gasteiger charge is -2.32. The molecule has 3 aromatic rings. The molecule has 0 saturated carbocycles. The van der Waals surface area contributed by atoms with Crippen LogP contribution < -0.4 is 15.0 Å². The van der Waals surface area contributed by atoms with E-state index in [0.29, 0.717) is 30.9 Å². The monoisotopic (exact) mass is 433 g/mol. The van der Waals surface area contributed by atoms with Gasteiger partial charge in [0, 0.05) is 31.3 Å². The van der Waals surface area contributed by atoms with Crippen molar-refractivity contribution in [2.45, 2.75) is 19.4 Å². The van der Waals surface area contributed by atoms with Gasteiger partial charge in [-0.2, -0.15) is 5.10 Å². The molecule has 0 atom stereocenters. The molecule has 2 heterocycles. The average Bonchev–Trinajstić information content (AvgIpc) is 2.85. The molecule has 0 unspecified atom stereocenters. The molecule has 32 heavy (non-hydrogen) atoms. The Hall–Kier alpha value is -3.61. The maximum absolute atomic E-state index is 12.9. The third-order valence-corrected chi connectivity index (χ3v) is 5.92. The van der Waals surface area contributed by atoms with Crippen molar-refractivity contribution >= 4 is 5.91 Å². The molecule has 0 bridgehead atoms. The molecule has 1 saturated heterocycles. The summed E-state index contributed by atoms with van der Waals surface area (Å²) < 4.78 is 12.1. The highest BCUT2D eigenvalue weighted by molar-refractivity contribution is 5.97. The van der Waals surface area contributed by atoms with E-state index in [2.05, 4.69) is 5.10 Å².